The van der Waals surface area contributed by atoms with E-state index in [2.05, 4.69) is 15.6 Å². The van der Waals surface area contributed by atoms with Crippen LogP contribution in [0.25, 0.3) is 11.3 Å². The lowest BCUT2D eigenvalue weighted by Gasteiger charge is -2.08. The molecule has 2 heterocycles. The standard InChI is InChI=1S/C16H18ClN3O2S/c1-22-14-5-4-10(7-12(14)17)13-9-23-16(19-13)20-15(21)8-11-3-2-6-18-11/h4-5,7,9,11,18H,2-3,6,8H2,1H3,(H,19,20,21). The molecule has 122 valence electrons. The predicted molar refractivity (Wildman–Crippen MR) is 93.4 cm³/mol. The zero-order valence-corrected chi connectivity index (χ0v) is 14.3. The fourth-order valence-corrected chi connectivity index (χ4v) is 3.61. The van der Waals surface area contributed by atoms with Gasteiger partial charge in [0, 0.05) is 23.4 Å². The van der Waals surface area contributed by atoms with Gasteiger partial charge in [-0.2, -0.15) is 0 Å². The minimum Gasteiger partial charge on any atom is -0.495 e. The molecule has 1 unspecified atom stereocenters. The summed E-state index contributed by atoms with van der Waals surface area (Å²) in [7, 11) is 1.58. The van der Waals surface area contributed by atoms with E-state index in [1.807, 2.05) is 17.5 Å². The smallest absolute Gasteiger partial charge is 0.227 e. The van der Waals surface area contributed by atoms with Crippen LogP contribution in [-0.4, -0.2) is 30.6 Å². The average molecular weight is 352 g/mol. The molecule has 23 heavy (non-hydrogen) atoms. The number of nitrogens with zero attached hydrogens (tertiary/aromatic N) is 1. The third-order valence-corrected chi connectivity index (χ3v) is 4.85. The number of carbonyl (C=O) groups is 1. The molecule has 1 aliphatic rings. The molecule has 0 aliphatic carbocycles. The van der Waals surface area contributed by atoms with Gasteiger partial charge in [0.15, 0.2) is 5.13 Å². The zero-order chi connectivity index (χ0) is 16.2. The second-order valence-electron chi connectivity index (χ2n) is 5.43. The molecule has 7 heteroatoms. The Kier molecular flexibility index (Phi) is 5.15. The Morgan fingerprint density at radius 1 is 1.57 bits per heavy atom. The van der Waals surface area contributed by atoms with Crippen molar-refractivity contribution in [2.45, 2.75) is 25.3 Å². The van der Waals surface area contributed by atoms with Gasteiger partial charge in [0.2, 0.25) is 5.91 Å². The lowest BCUT2D eigenvalue weighted by atomic mass is 10.1. The molecule has 1 fully saturated rings. The molecule has 1 aromatic heterocycles. The molecule has 0 spiro atoms. The third kappa shape index (κ3) is 4.02. The Morgan fingerprint density at radius 2 is 2.43 bits per heavy atom. The van der Waals surface area contributed by atoms with Gasteiger partial charge in [0.25, 0.3) is 0 Å². The Morgan fingerprint density at radius 3 is 3.13 bits per heavy atom. The van der Waals surface area contributed by atoms with Crippen molar-refractivity contribution in [3.8, 4) is 17.0 Å². The van der Waals surface area contributed by atoms with Gasteiger partial charge in [-0.25, -0.2) is 4.98 Å². The quantitative estimate of drug-likeness (QED) is 0.864. The largest absolute Gasteiger partial charge is 0.495 e. The van der Waals surface area contributed by atoms with Crippen LogP contribution in [0.2, 0.25) is 5.02 Å². The summed E-state index contributed by atoms with van der Waals surface area (Å²) >= 11 is 7.55. The van der Waals surface area contributed by atoms with Crippen molar-refractivity contribution in [3.63, 3.8) is 0 Å². The molecule has 2 aromatic rings. The van der Waals surface area contributed by atoms with Crippen LogP contribution in [-0.2, 0) is 4.79 Å². The van der Waals surface area contributed by atoms with Gasteiger partial charge in [0.1, 0.15) is 5.75 Å². The summed E-state index contributed by atoms with van der Waals surface area (Å²) in [4.78, 5) is 16.5. The lowest BCUT2D eigenvalue weighted by Crippen LogP contribution is -2.27. The van der Waals surface area contributed by atoms with E-state index in [0.717, 1.165) is 30.6 Å². The molecule has 1 amide bonds. The number of hydrogen-bond donors (Lipinski definition) is 2. The van der Waals surface area contributed by atoms with E-state index >= 15 is 0 Å². The minimum atomic E-state index is -0.00179. The molecule has 3 rings (SSSR count). The first-order valence-corrected chi connectivity index (χ1v) is 8.74. The van der Waals surface area contributed by atoms with E-state index < -0.39 is 0 Å². The van der Waals surface area contributed by atoms with Gasteiger partial charge in [-0.15, -0.1) is 11.3 Å². The van der Waals surface area contributed by atoms with E-state index in [9.17, 15) is 4.79 Å². The molecule has 2 N–H and O–H groups in total. The molecule has 0 bridgehead atoms. The van der Waals surface area contributed by atoms with Crippen molar-refractivity contribution in [2.75, 3.05) is 19.0 Å². The Labute approximate surface area is 144 Å². The van der Waals surface area contributed by atoms with Gasteiger partial charge in [-0.1, -0.05) is 11.6 Å². The number of rotatable bonds is 5. The fraction of sp³-hybridized carbons (Fsp3) is 0.375. The van der Waals surface area contributed by atoms with E-state index in [-0.39, 0.29) is 11.9 Å². The molecular weight excluding hydrogens is 334 g/mol. The number of thiazole rings is 1. The molecule has 5 nitrogen and oxygen atoms in total. The Balaban J connectivity index is 1.65. The SMILES string of the molecule is COc1ccc(-c2csc(NC(=O)CC3CCCN3)n2)cc1Cl. The lowest BCUT2D eigenvalue weighted by molar-refractivity contribution is -0.116. The van der Waals surface area contributed by atoms with Crippen molar-refractivity contribution >= 4 is 34.0 Å². The highest BCUT2D eigenvalue weighted by Crippen LogP contribution is 2.31. The van der Waals surface area contributed by atoms with Crippen molar-refractivity contribution in [2.24, 2.45) is 0 Å². The van der Waals surface area contributed by atoms with E-state index in [4.69, 9.17) is 16.3 Å². The number of nitrogens with one attached hydrogen (secondary N) is 2. The van der Waals surface area contributed by atoms with Crippen molar-refractivity contribution < 1.29 is 9.53 Å². The van der Waals surface area contributed by atoms with Crippen LogP contribution in [0.3, 0.4) is 0 Å². The van der Waals surface area contributed by atoms with Crippen LogP contribution in [0.5, 0.6) is 5.75 Å². The average Bonchev–Trinajstić information content (AvgIpc) is 3.19. The first-order chi connectivity index (χ1) is 11.2. The molecule has 1 aromatic carbocycles. The summed E-state index contributed by atoms with van der Waals surface area (Å²) in [6.07, 6.45) is 2.68. The van der Waals surface area contributed by atoms with Crippen LogP contribution < -0.4 is 15.4 Å². The van der Waals surface area contributed by atoms with Gasteiger partial charge in [-0.05, 0) is 37.6 Å². The molecule has 1 saturated heterocycles. The predicted octanol–water partition coefficient (Wildman–Crippen LogP) is 3.55. The summed E-state index contributed by atoms with van der Waals surface area (Å²) in [6.45, 7) is 0.998. The number of anilines is 1. The van der Waals surface area contributed by atoms with Crippen LogP contribution in [0.15, 0.2) is 23.6 Å². The number of hydrogen-bond acceptors (Lipinski definition) is 5. The summed E-state index contributed by atoms with van der Waals surface area (Å²) in [6, 6.07) is 5.80. The molecule has 1 aliphatic heterocycles. The van der Waals surface area contributed by atoms with Crippen LogP contribution in [0.1, 0.15) is 19.3 Å². The summed E-state index contributed by atoms with van der Waals surface area (Å²) in [5, 5.41) is 9.23. The minimum absolute atomic E-state index is 0.00179. The van der Waals surface area contributed by atoms with E-state index in [1.165, 1.54) is 11.3 Å². The van der Waals surface area contributed by atoms with Gasteiger partial charge < -0.3 is 15.4 Å². The van der Waals surface area contributed by atoms with Crippen LogP contribution >= 0.6 is 22.9 Å². The number of ether oxygens (including phenoxy) is 1. The highest BCUT2D eigenvalue weighted by Gasteiger charge is 2.18. The monoisotopic (exact) mass is 351 g/mol. The molecule has 0 radical (unpaired) electrons. The first-order valence-electron chi connectivity index (χ1n) is 7.48. The number of methoxy groups -OCH3 is 1. The highest BCUT2D eigenvalue weighted by molar-refractivity contribution is 7.14. The maximum atomic E-state index is 12.0. The maximum absolute atomic E-state index is 12.0. The summed E-state index contributed by atoms with van der Waals surface area (Å²) < 4.78 is 5.14. The number of amides is 1. The van der Waals surface area contributed by atoms with Gasteiger partial charge in [0.05, 0.1) is 17.8 Å². The van der Waals surface area contributed by atoms with Crippen LogP contribution in [0.4, 0.5) is 5.13 Å². The van der Waals surface area contributed by atoms with E-state index in [1.54, 1.807) is 13.2 Å². The van der Waals surface area contributed by atoms with Crippen molar-refractivity contribution in [1.29, 1.82) is 0 Å². The van der Waals surface area contributed by atoms with Crippen LogP contribution in [0, 0.1) is 0 Å². The Hall–Kier alpha value is -1.63. The summed E-state index contributed by atoms with van der Waals surface area (Å²) in [5.41, 5.74) is 1.68. The zero-order valence-electron chi connectivity index (χ0n) is 12.8. The third-order valence-electron chi connectivity index (χ3n) is 3.79. The van der Waals surface area contributed by atoms with E-state index in [0.29, 0.717) is 22.3 Å². The fourth-order valence-electron chi connectivity index (χ4n) is 2.61. The van der Waals surface area contributed by atoms with Crippen molar-refractivity contribution in [1.82, 2.24) is 10.3 Å². The highest BCUT2D eigenvalue weighted by atomic mass is 35.5. The van der Waals surface area contributed by atoms with Crippen molar-refractivity contribution in [3.05, 3.63) is 28.6 Å². The molecule has 0 saturated carbocycles. The van der Waals surface area contributed by atoms with Gasteiger partial charge >= 0.3 is 0 Å². The normalized spacial score (nSPS) is 17.2. The first kappa shape index (κ1) is 16.2. The number of carbonyl (C=O) groups excluding carboxylic acids is 1. The number of halogens is 1. The number of benzene rings is 1. The second kappa shape index (κ2) is 7.29. The number of aromatic nitrogens is 1. The maximum Gasteiger partial charge on any atom is 0.227 e. The van der Waals surface area contributed by atoms with Gasteiger partial charge in [-0.3, -0.25) is 4.79 Å². The summed E-state index contributed by atoms with van der Waals surface area (Å²) in [5.74, 6) is 0.626. The second-order valence-corrected chi connectivity index (χ2v) is 6.70. The topological polar surface area (TPSA) is 63.2 Å². The molecular formula is C16H18ClN3O2S. The Bertz CT molecular complexity index is 698. The molecule has 1 atom stereocenters.